The highest BCUT2D eigenvalue weighted by molar-refractivity contribution is 7.88. The SMILES string of the molecule is CCCCC(=O)NCCN(Cc1ccc(OC)cc1)S(C)(=O)=O. The van der Waals surface area contributed by atoms with Gasteiger partial charge in [-0.3, -0.25) is 4.79 Å². The molecule has 0 spiro atoms. The number of rotatable bonds is 10. The van der Waals surface area contributed by atoms with Gasteiger partial charge in [0, 0.05) is 26.1 Å². The minimum absolute atomic E-state index is 0.0373. The van der Waals surface area contributed by atoms with Crippen molar-refractivity contribution in [3.05, 3.63) is 29.8 Å². The molecule has 0 unspecified atom stereocenters. The number of nitrogens with zero attached hydrogens (tertiary/aromatic N) is 1. The van der Waals surface area contributed by atoms with Crippen molar-refractivity contribution < 1.29 is 17.9 Å². The summed E-state index contributed by atoms with van der Waals surface area (Å²) in [7, 11) is -1.76. The molecule has 7 heteroatoms. The molecule has 0 aliphatic carbocycles. The van der Waals surface area contributed by atoms with Gasteiger partial charge in [-0.05, 0) is 24.1 Å². The Morgan fingerprint density at radius 1 is 1.26 bits per heavy atom. The molecule has 0 atom stereocenters. The van der Waals surface area contributed by atoms with Crippen LogP contribution in [0.1, 0.15) is 31.7 Å². The van der Waals surface area contributed by atoms with E-state index in [0.717, 1.165) is 24.2 Å². The van der Waals surface area contributed by atoms with E-state index in [1.807, 2.05) is 19.1 Å². The number of ether oxygens (including phenoxy) is 1. The lowest BCUT2D eigenvalue weighted by Crippen LogP contribution is -2.37. The van der Waals surface area contributed by atoms with Crippen molar-refractivity contribution >= 4 is 15.9 Å². The van der Waals surface area contributed by atoms with Crippen LogP contribution in [0.4, 0.5) is 0 Å². The van der Waals surface area contributed by atoms with Gasteiger partial charge in [-0.25, -0.2) is 8.42 Å². The smallest absolute Gasteiger partial charge is 0.220 e. The van der Waals surface area contributed by atoms with E-state index < -0.39 is 10.0 Å². The Morgan fingerprint density at radius 3 is 2.43 bits per heavy atom. The number of carbonyl (C=O) groups excluding carboxylic acids is 1. The van der Waals surface area contributed by atoms with Crippen LogP contribution in [0.5, 0.6) is 5.75 Å². The molecule has 1 amide bonds. The second-order valence-electron chi connectivity index (χ2n) is 5.40. The van der Waals surface area contributed by atoms with Gasteiger partial charge in [0.2, 0.25) is 15.9 Å². The largest absolute Gasteiger partial charge is 0.497 e. The molecule has 1 rings (SSSR count). The van der Waals surface area contributed by atoms with Crippen molar-refractivity contribution in [3.8, 4) is 5.75 Å². The lowest BCUT2D eigenvalue weighted by atomic mass is 10.2. The summed E-state index contributed by atoms with van der Waals surface area (Å²) in [5.74, 6) is 0.688. The number of hydrogen-bond donors (Lipinski definition) is 1. The molecule has 6 nitrogen and oxygen atoms in total. The fraction of sp³-hybridized carbons (Fsp3) is 0.562. The number of carbonyl (C=O) groups is 1. The Balaban J connectivity index is 2.58. The standard InChI is InChI=1S/C16H26N2O4S/c1-4-5-6-16(19)17-11-12-18(23(3,20)21)13-14-7-9-15(22-2)10-8-14/h7-10H,4-6,11-13H2,1-3H3,(H,17,19). The molecular weight excluding hydrogens is 316 g/mol. The maximum atomic E-state index is 11.9. The van der Waals surface area contributed by atoms with Crippen molar-refractivity contribution in [3.63, 3.8) is 0 Å². The number of sulfonamides is 1. The van der Waals surface area contributed by atoms with Crippen molar-refractivity contribution in [1.82, 2.24) is 9.62 Å². The van der Waals surface area contributed by atoms with Crippen molar-refractivity contribution in [2.24, 2.45) is 0 Å². The predicted octanol–water partition coefficient (Wildman–Crippen LogP) is 1.76. The molecule has 0 fully saturated rings. The van der Waals surface area contributed by atoms with Gasteiger partial charge in [0.1, 0.15) is 5.75 Å². The molecule has 1 N–H and O–H groups in total. The van der Waals surface area contributed by atoms with Crippen LogP contribution < -0.4 is 10.1 Å². The Kier molecular flexibility index (Phi) is 8.05. The number of amides is 1. The zero-order valence-corrected chi connectivity index (χ0v) is 14.9. The molecule has 1 aromatic rings. The van der Waals surface area contributed by atoms with E-state index in [0.29, 0.717) is 13.0 Å². The Hall–Kier alpha value is -1.60. The molecular formula is C16H26N2O4S. The third-order valence-corrected chi connectivity index (χ3v) is 4.68. The Morgan fingerprint density at radius 2 is 1.91 bits per heavy atom. The van der Waals surface area contributed by atoms with E-state index in [1.54, 1.807) is 19.2 Å². The van der Waals surface area contributed by atoms with Crippen LogP contribution in [0.25, 0.3) is 0 Å². The van der Waals surface area contributed by atoms with Gasteiger partial charge in [-0.15, -0.1) is 0 Å². The van der Waals surface area contributed by atoms with E-state index in [-0.39, 0.29) is 19.0 Å². The van der Waals surface area contributed by atoms with Gasteiger partial charge in [0.15, 0.2) is 0 Å². The number of unbranched alkanes of at least 4 members (excludes halogenated alkanes) is 1. The molecule has 0 saturated carbocycles. The van der Waals surface area contributed by atoms with Crippen LogP contribution in [0.3, 0.4) is 0 Å². The normalized spacial score (nSPS) is 11.5. The number of nitrogens with one attached hydrogen (secondary N) is 1. The lowest BCUT2D eigenvalue weighted by Gasteiger charge is -2.20. The van der Waals surface area contributed by atoms with Crippen molar-refractivity contribution in [2.75, 3.05) is 26.5 Å². The first-order valence-electron chi connectivity index (χ1n) is 7.71. The van der Waals surface area contributed by atoms with E-state index in [4.69, 9.17) is 4.74 Å². The summed E-state index contributed by atoms with van der Waals surface area (Å²) in [5.41, 5.74) is 0.869. The third-order valence-electron chi connectivity index (χ3n) is 3.43. The number of methoxy groups -OCH3 is 1. The summed E-state index contributed by atoms with van der Waals surface area (Å²) in [6, 6.07) is 7.25. The Bertz CT molecular complexity index is 585. The van der Waals surface area contributed by atoms with Crippen LogP contribution >= 0.6 is 0 Å². The number of benzene rings is 1. The first kappa shape index (κ1) is 19.4. The van der Waals surface area contributed by atoms with Crippen LogP contribution in [0.15, 0.2) is 24.3 Å². The fourth-order valence-corrected chi connectivity index (χ4v) is 2.85. The molecule has 130 valence electrons. The molecule has 1 aromatic carbocycles. The predicted molar refractivity (Wildman–Crippen MR) is 90.8 cm³/mol. The summed E-state index contributed by atoms with van der Waals surface area (Å²) in [6.07, 6.45) is 3.46. The molecule has 0 bridgehead atoms. The maximum Gasteiger partial charge on any atom is 0.220 e. The molecule has 0 heterocycles. The summed E-state index contributed by atoms with van der Waals surface area (Å²) in [4.78, 5) is 11.6. The monoisotopic (exact) mass is 342 g/mol. The second kappa shape index (κ2) is 9.52. The summed E-state index contributed by atoms with van der Waals surface area (Å²) >= 11 is 0. The fourth-order valence-electron chi connectivity index (χ4n) is 2.04. The summed E-state index contributed by atoms with van der Waals surface area (Å²) in [6.45, 7) is 2.86. The molecule has 23 heavy (non-hydrogen) atoms. The minimum atomic E-state index is -3.34. The maximum absolute atomic E-state index is 11.9. The Labute approximate surface area is 138 Å². The van der Waals surface area contributed by atoms with Crippen LogP contribution in [0, 0.1) is 0 Å². The first-order valence-corrected chi connectivity index (χ1v) is 9.56. The minimum Gasteiger partial charge on any atom is -0.497 e. The summed E-state index contributed by atoms with van der Waals surface area (Å²) < 4.78 is 30.2. The molecule has 0 aliphatic rings. The average Bonchev–Trinajstić information content (AvgIpc) is 2.51. The van der Waals surface area contributed by atoms with Gasteiger partial charge in [0.25, 0.3) is 0 Å². The van der Waals surface area contributed by atoms with E-state index in [1.165, 1.54) is 10.6 Å². The van der Waals surface area contributed by atoms with Gasteiger partial charge in [-0.1, -0.05) is 25.5 Å². The van der Waals surface area contributed by atoms with Crippen molar-refractivity contribution in [1.29, 1.82) is 0 Å². The first-order chi connectivity index (χ1) is 10.9. The topological polar surface area (TPSA) is 75.7 Å². The highest BCUT2D eigenvalue weighted by Crippen LogP contribution is 2.14. The van der Waals surface area contributed by atoms with E-state index in [2.05, 4.69) is 5.32 Å². The van der Waals surface area contributed by atoms with E-state index in [9.17, 15) is 13.2 Å². The van der Waals surface area contributed by atoms with Crippen LogP contribution in [0.2, 0.25) is 0 Å². The van der Waals surface area contributed by atoms with Gasteiger partial charge < -0.3 is 10.1 Å². The highest BCUT2D eigenvalue weighted by Gasteiger charge is 2.17. The van der Waals surface area contributed by atoms with Gasteiger partial charge in [-0.2, -0.15) is 4.31 Å². The quantitative estimate of drug-likeness (QED) is 0.703. The molecule has 0 saturated heterocycles. The van der Waals surface area contributed by atoms with Crippen LogP contribution in [-0.4, -0.2) is 45.1 Å². The van der Waals surface area contributed by atoms with Crippen LogP contribution in [-0.2, 0) is 21.4 Å². The van der Waals surface area contributed by atoms with Crippen molar-refractivity contribution in [2.45, 2.75) is 32.7 Å². The zero-order chi connectivity index (χ0) is 17.3. The second-order valence-corrected chi connectivity index (χ2v) is 7.38. The molecule has 0 aliphatic heterocycles. The molecule has 0 aromatic heterocycles. The van der Waals surface area contributed by atoms with E-state index >= 15 is 0 Å². The average molecular weight is 342 g/mol. The molecule has 0 radical (unpaired) electrons. The third kappa shape index (κ3) is 7.47. The van der Waals surface area contributed by atoms with Gasteiger partial charge in [0.05, 0.1) is 13.4 Å². The van der Waals surface area contributed by atoms with Gasteiger partial charge >= 0.3 is 0 Å². The summed E-state index contributed by atoms with van der Waals surface area (Å²) in [5, 5.41) is 2.76. The lowest BCUT2D eigenvalue weighted by molar-refractivity contribution is -0.121. The zero-order valence-electron chi connectivity index (χ0n) is 14.0. The highest BCUT2D eigenvalue weighted by atomic mass is 32.2. The number of hydrogen-bond acceptors (Lipinski definition) is 4.